The fourth-order valence-electron chi connectivity index (χ4n) is 3.68. The normalized spacial score (nSPS) is 27.7. The summed E-state index contributed by atoms with van der Waals surface area (Å²) < 4.78 is 12.3. The maximum Gasteiger partial charge on any atom is 0.489 e. The zero-order chi connectivity index (χ0) is 17.3. The van der Waals surface area contributed by atoms with Gasteiger partial charge in [-0.05, 0) is 70.7 Å². The van der Waals surface area contributed by atoms with Crippen LogP contribution in [0.1, 0.15) is 80.1 Å². The molecule has 0 bridgehead atoms. The Morgan fingerprint density at radius 2 is 1.65 bits per heavy atom. The molecule has 1 saturated carbocycles. The first-order chi connectivity index (χ1) is 10.6. The Morgan fingerprint density at radius 1 is 1.13 bits per heavy atom. The van der Waals surface area contributed by atoms with Crippen molar-refractivity contribution >= 4 is 7.12 Å². The summed E-state index contributed by atoms with van der Waals surface area (Å²) >= 11 is 0. The van der Waals surface area contributed by atoms with E-state index in [0.717, 1.165) is 12.3 Å². The average Bonchev–Trinajstić information content (AvgIpc) is 2.73. The van der Waals surface area contributed by atoms with E-state index < -0.39 is 0 Å². The maximum atomic E-state index is 6.15. The standard InChI is InChI=1S/C20H35BO2/c1-8-20(7,17-12-10-9-11-13-17)15-14-16(2)21-22-18(3,4)19(5,6)23-21/h8,14,17H,1,9-13,15H2,2-7H3/b16-14+/t20-/m0/s1. The maximum absolute atomic E-state index is 6.15. The van der Waals surface area contributed by atoms with Crippen molar-refractivity contribution in [2.24, 2.45) is 11.3 Å². The molecule has 0 unspecified atom stereocenters. The Bertz CT molecular complexity index is 444. The van der Waals surface area contributed by atoms with Gasteiger partial charge in [0.2, 0.25) is 0 Å². The first-order valence-electron chi connectivity index (χ1n) is 9.27. The van der Waals surface area contributed by atoms with Crippen molar-refractivity contribution < 1.29 is 9.31 Å². The second-order valence-corrected chi connectivity index (χ2v) is 8.79. The molecule has 0 aromatic rings. The highest BCUT2D eigenvalue weighted by Crippen LogP contribution is 2.43. The zero-order valence-electron chi connectivity index (χ0n) is 16.1. The molecule has 2 aliphatic rings. The smallest absolute Gasteiger partial charge is 0.400 e. The van der Waals surface area contributed by atoms with Gasteiger partial charge < -0.3 is 9.31 Å². The van der Waals surface area contributed by atoms with Gasteiger partial charge in [0.1, 0.15) is 0 Å². The number of allylic oxidation sites excluding steroid dienone is 3. The Kier molecular flexibility index (Phi) is 5.53. The first-order valence-corrected chi connectivity index (χ1v) is 9.27. The fourth-order valence-corrected chi connectivity index (χ4v) is 3.68. The minimum atomic E-state index is -0.266. The fraction of sp³-hybridized carbons (Fsp3) is 0.800. The summed E-state index contributed by atoms with van der Waals surface area (Å²) in [5.41, 5.74) is 0.841. The topological polar surface area (TPSA) is 18.5 Å². The van der Waals surface area contributed by atoms with Crippen molar-refractivity contribution in [3.05, 3.63) is 24.2 Å². The van der Waals surface area contributed by atoms with Crippen LogP contribution in [0.15, 0.2) is 24.2 Å². The highest BCUT2D eigenvalue weighted by molar-refractivity contribution is 6.54. The van der Waals surface area contributed by atoms with Crippen LogP contribution in [-0.4, -0.2) is 18.3 Å². The van der Waals surface area contributed by atoms with Crippen LogP contribution in [0.25, 0.3) is 0 Å². The van der Waals surface area contributed by atoms with Crippen molar-refractivity contribution in [2.45, 2.75) is 91.3 Å². The predicted octanol–water partition coefficient (Wildman–Crippen LogP) is 5.73. The van der Waals surface area contributed by atoms with Gasteiger partial charge in [-0.25, -0.2) is 0 Å². The summed E-state index contributed by atoms with van der Waals surface area (Å²) in [5.74, 6) is 0.760. The lowest BCUT2D eigenvalue weighted by molar-refractivity contribution is 0.00578. The van der Waals surface area contributed by atoms with Gasteiger partial charge in [0, 0.05) is 0 Å². The van der Waals surface area contributed by atoms with Crippen molar-refractivity contribution in [1.82, 2.24) is 0 Å². The minimum absolute atomic E-state index is 0.186. The summed E-state index contributed by atoms with van der Waals surface area (Å²) in [4.78, 5) is 0. The Hall–Kier alpha value is -0.535. The molecule has 1 heterocycles. The van der Waals surface area contributed by atoms with Crippen LogP contribution in [0.3, 0.4) is 0 Å². The van der Waals surface area contributed by atoms with E-state index in [2.05, 4.69) is 60.3 Å². The molecule has 0 radical (unpaired) electrons. The quantitative estimate of drug-likeness (QED) is 0.476. The molecule has 3 heteroatoms. The first kappa shape index (κ1) is 18.8. The van der Waals surface area contributed by atoms with E-state index in [-0.39, 0.29) is 23.7 Å². The van der Waals surface area contributed by atoms with Gasteiger partial charge >= 0.3 is 7.12 Å². The Labute approximate surface area is 143 Å². The molecule has 23 heavy (non-hydrogen) atoms. The molecular weight excluding hydrogens is 283 g/mol. The highest BCUT2D eigenvalue weighted by atomic mass is 16.7. The van der Waals surface area contributed by atoms with Crippen LogP contribution in [-0.2, 0) is 9.31 Å². The van der Waals surface area contributed by atoms with Gasteiger partial charge in [0.15, 0.2) is 0 Å². The Morgan fingerprint density at radius 3 is 2.13 bits per heavy atom. The van der Waals surface area contributed by atoms with Gasteiger partial charge in [-0.3, -0.25) is 0 Å². The second kappa shape index (κ2) is 6.76. The average molecular weight is 318 g/mol. The van der Waals surface area contributed by atoms with Gasteiger partial charge in [-0.15, -0.1) is 6.58 Å². The molecule has 0 aromatic carbocycles. The minimum Gasteiger partial charge on any atom is -0.400 e. The van der Waals surface area contributed by atoms with Crippen molar-refractivity contribution in [1.29, 1.82) is 0 Å². The number of rotatable bonds is 5. The third-order valence-corrected chi connectivity index (χ3v) is 6.49. The van der Waals surface area contributed by atoms with E-state index >= 15 is 0 Å². The van der Waals surface area contributed by atoms with Crippen LogP contribution in [0, 0.1) is 11.3 Å². The van der Waals surface area contributed by atoms with Gasteiger partial charge in [0.25, 0.3) is 0 Å². The van der Waals surface area contributed by atoms with Gasteiger partial charge in [-0.1, -0.05) is 38.3 Å². The van der Waals surface area contributed by atoms with E-state index in [4.69, 9.17) is 9.31 Å². The van der Waals surface area contributed by atoms with Crippen molar-refractivity contribution in [2.75, 3.05) is 0 Å². The molecule has 1 saturated heterocycles. The van der Waals surface area contributed by atoms with E-state index in [1.165, 1.54) is 37.6 Å². The number of hydrogen-bond donors (Lipinski definition) is 0. The SMILES string of the molecule is C=C[C@@](C)(C/C=C(\C)B1OC(C)(C)C(C)(C)O1)C1CCCCC1. The predicted molar refractivity (Wildman–Crippen MR) is 99.3 cm³/mol. The number of hydrogen-bond acceptors (Lipinski definition) is 2. The van der Waals surface area contributed by atoms with Gasteiger partial charge in [0.05, 0.1) is 11.2 Å². The van der Waals surface area contributed by atoms with E-state index in [1.807, 2.05) is 0 Å². The third-order valence-electron chi connectivity index (χ3n) is 6.49. The van der Waals surface area contributed by atoms with Gasteiger partial charge in [-0.2, -0.15) is 0 Å². The molecule has 2 nitrogen and oxygen atoms in total. The lowest BCUT2D eigenvalue weighted by Gasteiger charge is -2.37. The monoisotopic (exact) mass is 318 g/mol. The van der Waals surface area contributed by atoms with Crippen LogP contribution in [0.4, 0.5) is 0 Å². The molecule has 0 aromatic heterocycles. The van der Waals surface area contributed by atoms with E-state index in [1.54, 1.807) is 0 Å². The highest BCUT2D eigenvalue weighted by Gasteiger charge is 2.51. The molecule has 0 N–H and O–H groups in total. The summed E-state index contributed by atoms with van der Waals surface area (Å²) in [7, 11) is -0.222. The molecule has 1 aliphatic carbocycles. The van der Waals surface area contributed by atoms with Crippen molar-refractivity contribution in [3.63, 3.8) is 0 Å². The third kappa shape index (κ3) is 3.93. The van der Waals surface area contributed by atoms with Crippen LogP contribution in [0.2, 0.25) is 0 Å². The largest absolute Gasteiger partial charge is 0.489 e. The second-order valence-electron chi connectivity index (χ2n) is 8.79. The lowest BCUT2D eigenvalue weighted by Crippen LogP contribution is -2.41. The Balaban J connectivity index is 2.04. The molecule has 1 atom stereocenters. The molecule has 2 rings (SSSR count). The van der Waals surface area contributed by atoms with Crippen LogP contribution in [0.5, 0.6) is 0 Å². The molecular formula is C20H35BO2. The molecule has 0 spiro atoms. The van der Waals surface area contributed by atoms with E-state index in [0.29, 0.717) is 0 Å². The molecule has 2 fully saturated rings. The molecule has 130 valence electrons. The lowest BCUT2D eigenvalue weighted by atomic mass is 9.67. The summed E-state index contributed by atoms with van der Waals surface area (Å²) in [6.07, 6.45) is 12.3. The molecule has 0 amide bonds. The van der Waals surface area contributed by atoms with E-state index in [9.17, 15) is 0 Å². The zero-order valence-corrected chi connectivity index (χ0v) is 16.1. The van der Waals surface area contributed by atoms with Crippen LogP contribution < -0.4 is 0 Å². The van der Waals surface area contributed by atoms with Crippen molar-refractivity contribution in [3.8, 4) is 0 Å². The molecule has 1 aliphatic heterocycles. The summed E-state index contributed by atoms with van der Waals surface area (Å²) in [5, 5.41) is 0. The summed E-state index contributed by atoms with van der Waals surface area (Å²) in [6, 6.07) is 0. The van der Waals surface area contributed by atoms with Crippen LogP contribution >= 0.6 is 0 Å². The summed E-state index contributed by atoms with van der Waals surface area (Å²) in [6.45, 7) is 17.1.